The van der Waals surface area contributed by atoms with Crippen LogP contribution >= 0.6 is 22.6 Å². The van der Waals surface area contributed by atoms with Crippen LogP contribution < -0.4 is 4.74 Å². The zero-order chi connectivity index (χ0) is 12.1. The largest absolute Gasteiger partial charge is 0.491 e. The Morgan fingerprint density at radius 1 is 1.24 bits per heavy atom. The van der Waals surface area contributed by atoms with Gasteiger partial charge in [-0.1, -0.05) is 0 Å². The van der Waals surface area contributed by atoms with Crippen molar-refractivity contribution in [3.05, 3.63) is 40.2 Å². The first kappa shape index (κ1) is 12.4. The van der Waals surface area contributed by atoms with E-state index in [-0.39, 0.29) is 0 Å². The van der Waals surface area contributed by atoms with Gasteiger partial charge in [-0.2, -0.15) is 5.10 Å². The molecule has 0 aliphatic carbocycles. The van der Waals surface area contributed by atoms with Crippen LogP contribution in [0.4, 0.5) is 0 Å². The van der Waals surface area contributed by atoms with Crippen molar-refractivity contribution in [1.82, 2.24) is 9.78 Å². The summed E-state index contributed by atoms with van der Waals surface area (Å²) in [6.07, 6.45) is 3.80. The highest BCUT2D eigenvalue weighted by Gasteiger charge is 1.99. The molecule has 0 N–H and O–H groups in total. The van der Waals surface area contributed by atoms with Crippen LogP contribution in [0.5, 0.6) is 5.75 Å². The lowest BCUT2D eigenvalue weighted by Crippen LogP contribution is -2.04. The standard InChI is InChI=1S/C12H13IN2O2/c1-16-6-7-17-12-4-2-11(3-5-12)15-9-10(13)8-14-15/h2-5,8-9H,6-7H2,1H3. The van der Waals surface area contributed by atoms with Crippen LogP contribution in [-0.4, -0.2) is 30.1 Å². The van der Waals surface area contributed by atoms with Gasteiger partial charge in [0.05, 0.1) is 22.1 Å². The third kappa shape index (κ3) is 3.44. The first-order valence-electron chi connectivity index (χ1n) is 5.22. The molecule has 17 heavy (non-hydrogen) atoms. The van der Waals surface area contributed by atoms with Crippen molar-refractivity contribution in [3.63, 3.8) is 0 Å². The Morgan fingerprint density at radius 3 is 2.59 bits per heavy atom. The Balaban J connectivity index is 2.02. The van der Waals surface area contributed by atoms with Crippen LogP contribution in [0.3, 0.4) is 0 Å². The van der Waals surface area contributed by atoms with E-state index in [0.29, 0.717) is 13.2 Å². The van der Waals surface area contributed by atoms with Crippen molar-refractivity contribution in [2.45, 2.75) is 0 Å². The molecule has 4 nitrogen and oxygen atoms in total. The van der Waals surface area contributed by atoms with Crippen molar-refractivity contribution < 1.29 is 9.47 Å². The molecule has 0 aliphatic heterocycles. The summed E-state index contributed by atoms with van der Waals surface area (Å²) in [5.41, 5.74) is 1.02. The Labute approximate surface area is 114 Å². The molecule has 0 saturated heterocycles. The van der Waals surface area contributed by atoms with Crippen molar-refractivity contribution in [1.29, 1.82) is 0 Å². The molecule has 5 heteroatoms. The molecular weight excluding hydrogens is 331 g/mol. The van der Waals surface area contributed by atoms with Crippen LogP contribution in [0.1, 0.15) is 0 Å². The van der Waals surface area contributed by atoms with Gasteiger partial charge in [-0.3, -0.25) is 0 Å². The number of benzene rings is 1. The molecule has 0 spiro atoms. The molecule has 0 radical (unpaired) electrons. The second-order valence-electron chi connectivity index (χ2n) is 3.44. The van der Waals surface area contributed by atoms with Crippen molar-refractivity contribution in [2.75, 3.05) is 20.3 Å². The summed E-state index contributed by atoms with van der Waals surface area (Å²) in [6.45, 7) is 1.16. The fraction of sp³-hybridized carbons (Fsp3) is 0.250. The Morgan fingerprint density at radius 2 is 2.00 bits per heavy atom. The molecule has 1 aromatic heterocycles. The van der Waals surface area contributed by atoms with Gasteiger partial charge in [-0.05, 0) is 46.9 Å². The highest BCUT2D eigenvalue weighted by molar-refractivity contribution is 14.1. The van der Waals surface area contributed by atoms with Crippen LogP contribution in [0, 0.1) is 3.57 Å². The topological polar surface area (TPSA) is 36.3 Å². The van der Waals surface area contributed by atoms with Gasteiger partial charge in [-0.15, -0.1) is 0 Å². The number of hydrogen-bond donors (Lipinski definition) is 0. The van der Waals surface area contributed by atoms with Crippen LogP contribution in [0.25, 0.3) is 5.69 Å². The molecule has 1 heterocycles. The number of hydrogen-bond acceptors (Lipinski definition) is 3. The normalized spacial score (nSPS) is 10.5. The molecule has 0 aliphatic rings. The van der Waals surface area contributed by atoms with Gasteiger partial charge in [0.25, 0.3) is 0 Å². The molecule has 0 saturated carbocycles. The molecule has 1 aromatic carbocycles. The second-order valence-corrected chi connectivity index (χ2v) is 4.68. The first-order valence-corrected chi connectivity index (χ1v) is 6.30. The average molecular weight is 344 g/mol. The lowest BCUT2D eigenvalue weighted by atomic mass is 10.3. The first-order chi connectivity index (χ1) is 8.29. The van der Waals surface area contributed by atoms with Gasteiger partial charge < -0.3 is 9.47 Å². The second kappa shape index (κ2) is 6.02. The summed E-state index contributed by atoms with van der Waals surface area (Å²) < 4.78 is 13.4. The molecular formula is C12H13IN2O2. The number of rotatable bonds is 5. The maximum atomic E-state index is 5.49. The minimum Gasteiger partial charge on any atom is -0.491 e. The quantitative estimate of drug-likeness (QED) is 0.618. The molecule has 0 bridgehead atoms. The van der Waals surface area contributed by atoms with Crippen molar-refractivity contribution in [2.24, 2.45) is 0 Å². The van der Waals surface area contributed by atoms with E-state index >= 15 is 0 Å². The summed E-state index contributed by atoms with van der Waals surface area (Å²) in [4.78, 5) is 0. The number of methoxy groups -OCH3 is 1. The van der Waals surface area contributed by atoms with E-state index < -0.39 is 0 Å². The fourth-order valence-corrected chi connectivity index (χ4v) is 1.77. The maximum Gasteiger partial charge on any atom is 0.119 e. The van der Waals surface area contributed by atoms with Crippen LogP contribution in [-0.2, 0) is 4.74 Å². The summed E-state index contributed by atoms with van der Waals surface area (Å²) >= 11 is 2.23. The van der Waals surface area contributed by atoms with Crippen molar-refractivity contribution in [3.8, 4) is 11.4 Å². The lowest BCUT2D eigenvalue weighted by molar-refractivity contribution is 0.146. The fourth-order valence-electron chi connectivity index (χ4n) is 1.38. The van der Waals surface area contributed by atoms with Crippen molar-refractivity contribution >= 4 is 22.6 Å². The smallest absolute Gasteiger partial charge is 0.119 e. The Kier molecular flexibility index (Phi) is 4.38. The monoisotopic (exact) mass is 344 g/mol. The van der Waals surface area contributed by atoms with E-state index in [1.165, 1.54) is 0 Å². The molecule has 2 aromatic rings. The molecule has 0 fully saturated rings. The minimum atomic E-state index is 0.565. The highest BCUT2D eigenvalue weighted by Crippen LogP contribution is 2.15. The zero-order valence-electron chi connectivity index (χ0n) is 9.47. The highest BCUT2D eigenvalue weighted by atomic mass is 127. The summed E-state index contributed by atoms with van der Waals surface area (Å²) in [5.74, 6) is 0.840. The predicted molar refractivity (Wildman–Crippen MR) is 73.7 cm³/mol. The Hall–Kier alpha value is -1.08. The molecule has 90 valence electrons. The maximum absolute atomic E-state index is 5.49. The third-order valence-electron chi connectivity index (χ3n) is 2.21. The summed E-state index contributed by atoms with van der Waals surface area (Å²) in [6, 6.07) is 7.81. The number of aromatic nitrogens is 2. The lowest BCUT2D eigenvalue weighted by Gasteiger charge is -2.06. The zero-order valence-corrected chi connectivity index (χ0v) is 11.6. The third-order valence-corrected chi connectivity index (χ3v) is 2.77. The van der Waals surface area contributed by atoms with Crippen LogP contribution in [0.15, 0.2) is 36.7 Å². The van der Waals surface area contributed by atoms with Gasteiger partial charge in [0.1, 0.15) is 12.4 Å². The number of nitrogens with zero attached hydrogens (tertiary/aromatic N) is 2. The average Bonchev–Trinajstić information content (AvgIpc) is 2.77. The van der Waals surface area contributed by atoms with E-state index in [1.54, 1.807) is 7.11 Å². The van der Waals surface area contributed by atoms with Crippen LogP contribution in [0.2, 0.25) is 0 Å². The van der Waals surface area contributed by atoms with E-state index in [1.807, 2.05) is 41.3 Å². The number of ether oxygens (including phenoxy) is 2. The molecule has 2 rings (SSSR count). The van der Waals surface area contributed by atoms with E-state index in [9.17, 15) is 0 Å². The SMILES string of the molecule is COCCOc1ccc(-n2cc(I)cn2)cc1. The van der Waals surface area contributed by atoms with E-state index in [0.717, 1.165) is 15.0 Å². The van der Waals surface area contributed by atoms with Gasteiger partial charge in [-0.25, -0.2) is 4.68 Å². The Bertz CT molecular complexity index is 468. The predicted octanol–water partition coefficient (Wildman–Crippen LogP) is 2.50. The van der Waals surface area contributed by atoms with Gasteiger partial charge >= 0.3 is 0 Å². The van der Waals surface area contributed by atoms with Gasteiger partial charge in [0.2, 0.25) is 0 Å². The van der Waals surface area contributed by atoms with E-state index in [4.69, 9.17) is 9.47 Å². The van der Waals surface area contributed by atoms with Gasteiger partial charge in [0.15, 0.2) is 0 Å². The number of halogens is 1. The van der Waals surface area contributed by atoms with E-state index in [2.05, 4.69) is 27.7 Å². The summed E-state index contributed by atoms with van der Waals surface area (Å²) in [5, 5.41) is 4.24. The molecule has 0 amide bonds. The summed E-state index contributed by atoms with van der Waals surface area (Å²) in [7, 11) is 1.66. The van der Waals surface area contributed by atoms with Gasteiger partial charge in [0, 0.05) is 13.3 Å². The molecule has 0 atom stereocenters. The minimum absolute atomic E-state index is 0.565. The molecule has 0 unspecified atom stereocenters.